The first kappa shape index (κ1) is 15.4. The Morgan fingerprint density at radius 1 is 1.48 bits per heavy atom. The van der Waals surface area contributed by atoms with Crippen molar-refractivity contribution in [3.63, 3.8) is 0 Å². The maximum Gasteiger partial charge on any atom is 0.335 e. The molecule has 0 spiro atoms. The van der Waals surface area contributed by atoms with E-state index >= 15 is 0 Å². The molecule has 2 heterocycles. The number of amides is 1. The average molecular weight is 292 g/mol. The van der Waals surface area contributed by atoms with E-state index in [0.29, 0.717) is 25.5 Å². The average Bonchev–Trinajstić information content (AvgIpc) is 2.91. The summed E-state index contributed by atoms with van der Waals surface area (Å²) in [5, 5.41) is 9.08. The van der Waals surface area contributed by atoms with Crippen molar-refractivity contribution in [2.75, 3.05) is 19.8 Å². The Hall–Kier alpha value is -1.95. The van der Waals surface area contributed by atoms with Crippen molar-refractivity contribution >= 4 is 11.9 Å². The maximum absolute atomic E-state index is 12.6. The zero-order chi connectivity index (χ0) is 15.4. The van der Waals surface area contributed by atoms with Crippen LogP contribution in [0.1, 0.15) is 46.3 Å². The van der Waals surface area contributed by atoms with Gasteiger partial charge in [-0.1, -0.05) is 0 Å². The van der Waals surface area contributed by atoms with E-state index < -0.39 is 5.97 Å². The molecule has 1 aliphatic heterocycles. The van der Waals surface area contributed by atoms with Gasteiger partial charge in [0.2, 0.25) is 0 Å². The molecule has 1 aromatic heterocycles. The van der Waals surface area contributed by atoms with Crippen LogP contribution in [-0.2, 0) is 4.74 Å². The van der Waals surface area contributed by atoms with E-state index in [4.69, 9.17) is 9.84 Å². The molecule has 2 rings (SSSR count). The quantitative estimate of drug-likeness (QED) is 0.894. The van der Waals surface area contributed by atoms with Gasteiger partial charge in [-0.3, -0.25) is 4.79 Å². The molecule has 1 atom stereocenters. The number of aryl methyl sites for hydroxylation is 1. The molecular formula is C15H20N2O4. The molecule has 0 aromatic carbocycles. The minimum Gasteiger partial charge on any atom is -0.478 e. The second-order valence-electron chi connectivity index (χ2n) is 5.14. The number of rotatable bonds is 5. The second-order valence-corrected chi connectivity index (χ2v) is 5.14. The van der Waals surface area contributed by atoms with Gasteiger partial charge in [0.1, 0.15) is 5.69 Å². The number of aromatic carboxylic acids is 1. The van der Waals surface area contributed by atoms with Gasteiger partial charge >= 0.3 is 5.97 Å². The number of likely N-dealkylation sites (tertiary alicyclic amines) is 1. The fourth-order valence-corrected chi connectivity index (χ4v) is 2.58. The van der Waals surface area contributed by atoms with Crippen molar-refractivity contribution in [3.05, 3.63) is 29.1 Å². The number of hydrogen-bond donors (Lipinski definition) is 1. The summed E-state index contributed by atoms with van der Waals surface area (Å²) in [6.45, 7) is 5.39. The lowest BCUT2D eigenvalue weighted by molar-refractivity contribution is 0.0559. The number of hydrogen-bond acceptors (Lipinski definition) is 4. The zero-order valence-electron chi connectivity index (χ0n) is 12.3. The number of aromatic nitrogens is 1. The summed E-state index contributed by atoms with van der Waals surface area (Å²) < 4.78 is 5.41. The minimum absolute atomic E-state index is 0.0491. The molecule has 0 saturated carbocycles. The monoisotopic (exact) mass is 292 g/mol. The summed E-state index contributed by atoms with van der Waals surface area (Å²) in [6, 6.07) is 2.85. The number of carbonyl (C=O) groups is 2. The highest BCUT2D eigenvalue weighted by atomic mass is 16.5. The number of ether oxygens (including phenoxy) is 1. The van der Waals surface area contributed by atoms with Gasteiger partial charge in [-0.25, -0.2) is 9.78 Å². The third-order valence-corrected chi connectivity index (χ3v) is 3.57. The molecule has 6 heteroatoms. The normalized spacial score (nSPS) is 18.0. The van der Waals surface area contributed by atoms with Gasteiger partial charge in [-0.05, 0) is 38.8 Å². The van der Waals surface area contributed by atoms with Gasteiger partial charge < -0.3 is 14.7 Å². The zero-order valence-corrected chi connectivity index (χ0v) is 12.3. The molecule has 114 valence electrons. The summed E-state index contributed by atoms with van der Waals surface area (Å²) in [5.74, 6) is -1.27. The molecule has 0 unspecified atom stereocenters. The number of carbonyl (C=O) groups excluding carboxylic acids is 1. The van der Waals surface area contributed by atoms with E-state index in [1.807, 2.05) is 6.92 Å². The molecular weight excluding hydrogens is 272 g/mol. The molecule has 0 radical (unpaired) electrons. The summed E-state index contributed by atoms with van der Waals surface area (Å²) in [5.41, 5.74) is 0.806. The number of carboxylic acid groups (broad SMARTS) is 1. The maximum atomic E-state index is 12.6. The Balaban J connectivity index is 2.21. The van der Waals surface area contributed by atoms with E-state index in [2.05, 4.69) is 4.98 Å². The molecule has 1 N–H and O–H groups in total. The Kier molecular flexibility index (Phi) is 4.90. The fourth-order valence-electron chi connectivity index (χ4n) is 2.58. The van der Waals surface area contributed by atoms with Gasteiger partial charge in [0.25, 0.3) is 5.91 Å². The first-order valence-corrected chi connectivity index (χ1v) is 7.13. The van der Waals surface area contributed by atoms with Crippen LogP contribution >= 0.6 is 0 Å². The molecule has 0 bridgehead atoms. The van der Waals surface area contributed by atoms with Gasteiger partial charge in [0.05, 0.1) is 18.2 Å². The Bertz CT molecular complexity index is 544. The molecule has 1 aliphatic rings. The van der Waals surface area contributed by atoms with Crippen LogP contribution in [0.15, 0.2) is 12.1 Å². The van der Waals surface area contributed by atoms with Crippen LogP contribution in [0.5, 0.6) is 0 Å². The standard InChI is InChI=1S/C15H20N2O4/c1-3-21-9-12-5-4-6-17(12)14(18)13-8-11(15(19)20)7-10(2)16-13/h7-8,12H,3-6,9H2,1-2H3,(H,19,20)/t12-/m1/s1. The molecule has 21 heavy (non-hydrogen) atoms. The van der Waals surface area contributed by atoms with Crippen molar-refractivity contribution in [1.29, 1.82) is 0 Å². The second kappa shape index (κ2) is 6.67. The van der Waals surface area contributed by atoms with Crippen molar-refractivity contribution in [3.8, 4) is 0 Å². The van der Waals surface area contributed by atoms with Crippen molar-refractivity contribution in [2.24, 2.45) is 0 Å². The first-order valence-electron chi connectivity index (χ1n) is 7.13. The first-order chi connectivity index (χ1) is 10.0. The third kappa shape index (κ3) is 3.58. The minimum atomic E-state index is -1.05. The predicted octanol–water partition coefficient (Wildman–Crippen LogP) is 1.73. The van der Waals surface area contributed by atoms with Crippen LogP contribution in [0.3, 0.4) is 0 Å². The molecule has 1 amide bonds. The fraction of sp³-hybridized carbons (Fsp3) is 0.533. The Morgan fingerprint density at radius 2 is 2.24 bits per heavy atom. The summed E-state index contributed by atoms with van der Waals surface area (Å²) in [4.78, 5) is 29.6. The van der Waals surface area contributed by atoms with Gasteiger partial charge in [-0.15, -0.1) is 0 Å². The number of pyridine rings is 1. The summed E-state index contributed by atoms with van der Waals surface area (Å²) >= 11 is 0. The van der Waals surface area contributed by atoms with Crippen LogP contribution in [0.2, 0.25) is 0 Å². The van der Waals surface area contributed by atoms with E-state index in [1.54, 1.807) is 11.8 Å². The van der Waals surface area contributed by atoms with E-state index in [0.717, 1.165) is 12.8 Å². The largest absolute Gasteiger partial charge is 0.478 e. The number of carboxylic acids is 1. The lowest BCUT2D eigenvalue weighted by atomic mass is 10.1. The molecule has 6 nitrogen and oxygen atoms in total. The van der Waals surface area contributed by atoms with Crippen molar-refractivity contribution in [2.45, 2.75) is 32.7 Å². The smallest absolute Gasteiger partial charge is 0.335 e. The van der Waals surface area contributed by atoms with Crippen molar-refractivity contribution in [1.82, 2.24) is 9.88 Å². The highest BCUT2D eigenvalue weighted by Gasteiger charge is 2.30. The lowest BCUT2D eigenvalue weighted by Crippen LogP contribution is -2.38. The van der Waals surface area contributed by atoms with Crippen LogP contribution in [0.4, 0.5) is 0 Å². The van der Waals surface area contributed by atoms with Crippen LogP contribution in [0.25, 0.3) is 0 Å². The summed E-state index contributed by atoms with van der Waals surface area (Å²) in [7, 11) is 0. The molecule has 1 aromatic rings. The van der Waals surface area contributed by atoms with Gasteiger partial charge in [-0.2, -0.15) is 0 Å². The SMILES string of the molecule is CCOC[C@H]1CCCN1C(=O)c1cc(C(=O)O)cc(C)n1. The van der Waals surface area contributed by atoms with E-state index in [9.17, 15) is 9.59 Å². The highest BCUT2D eigenvalue weighted by molar-refractivity contribution is 5.96. The van der Waals surface area contributed by atoms with Crippen LogP contribution in [0, 0.1) is 6.92 Å². The molecule has 0 aliphatic carbocycles. The highest BCUT2D eigenvalue weighted by Crippen LogP contribution is 2.20. The van der Waals surface area contributed by atoms with Gasteiger partial charge in [0.15, 0.2) is 0 Å². The van der Waals surface area contributed by atoms with E-state index in [1.165, 1.54) is 12.1 Å². The third-order valence-electron chi connectivity index (χ3n) is 3.57. The predicted molar refractivity (Wildman–Crippen MR) is 76.5 cm³/mol. The summed E-state index contributed by atoms with van der Waals surface area (Å²) in [6.07, 6.45) is 1.84. The Labute approximate surface area is 123 Å². The Morgan fingerprint density at radius 3 is 2.90 bits per heavy atom. The lowest BCUT2D eigenvalue weighted by Gasteiger charge is -2.24. The van der Waals surface area contributed by atoms with E-state index in [-0.39, 0.29) is 23.2 Å². The van der Waals surface area contributed by atoms with Crippen LogP contribution in [-0.4, -0.2) is 52.7 Å². The van der Waals surface area contributed by atoms with Crippen molar-refractivity contribution < 1.29 is 19.4 Å². The molecule has 1 fully saturated rings. The van der Waals surface area contributed by atoms with Crippen LogP contribution < -0.4 is 0 Å². The topological polar surface area (TPSA) is 79.7 Å². The number of nitrogens with zero attached hydrogens (tertiary/aromatic N) is 2. The molecule has 1 saturated heterocycles. The van der Waals surface area contributed by atoms with Gasteiger partial charge in [0, 0.05) is 18.8 Å².